The van der Waals surface area contributed by atoms with Crippen LogP contribution in [-0.4, -0.2) is 32.8 Å². The summed E-state index contributed by atoms with van der Waals surface area (Å²) < 4.78 is 5.30. The van der Waals surface area contributed by atoms with Gasteiger partial charge in [-0.15, -0.1) is 35.3 Å². The maximum Gasteiger partial charge on any atom is 0.191 e. The van der Waals surface area contributed by atoms with E-state index in [1.807, 2.05) is 18.3 Å². The zero-order valence-corrected chi connectivity index (χ0v) is 15.7. The second-order valence-corrected chi connectivity index (χ2v) is 5.64. The zero-order chi connectivity index (χ0) is 13.9. The van der Waals surface area contributed by atoms with Gasteiger partial charge in [-0.3, -0.25) is 4.99 Å². The second-order valence-electron chi connectivity index (χ2n) is 4.27. The van der Waals surface area contributed by atoms with Crippen LogP contribution in [0.5, 0.6) is 0 Å². The first-order chi connectivity index (χ1) is 9.26. The fraction of sp³-hybridized carbons (Fsp3) is 0.643. The lowest BCUT2D eigenvalue weighted by Gasteiger charge is -2.11. The average Bonchev–Trinajstić information content (AvgIpc) is 2.83. The molecule has 0 bridgehead atoms. The van der Waals surface area contributed by atoms with Gasteiger partial charge >= 0.3 is 0 Å². The highest BCUT2D eigenvalue weighted by atomic mass is 127. The number of unbranched alkanes of at least 4 members (excludes halogenated alkanes) is 1. The van der Waals surface area contributed by atoms with Crippen molar-refractivity contribution in [1.82, 2.24) is 10.6 Å². The molecule has 1 rings (SSSR count). The summed E-state index contributed by atoms with van der Waals surface area (Å²) in [5.41, 5.74) is 0. The summed E-state index contributed by atoms with van der Waals surface area (Å²) in [5.74, 6) is 0.863. The number of guanidine groups is 1. The van der Waals surface area contributed by atoms with Crippen molar-refractivity contribution in [3.8, 4) is 0 Å². The molecule has 0 fully saturated rings. The third-order valence-corrected chi connectivity index (χ3v) is 3.66. The largest absolute Gasteiger partial charge is 0.382 e. The predicted molar refractivity (Wildman–Crippen MR) is 98.4 cm³/mol. The Morgan fingerprint density at radius 3 is 2.70 bits per heavy atom. The molecule has 1 heterocycles. The Kier molecular flexibility index (Phi) is 12.2. The van der Waals surface area contributed by atoms with Crippen LogP contribution >= 0.6 is 35.3 Å². The van der Waals surface area contributed by atoms with Crippen molar-refractivity contribution in [3.05, 3.63) is 21.9 Å². The molecule has 1 aromatic rings. The molecule has 0 amide bonds. The average molecular weight is 411 g/mol. The van der Waals surface area contributed by atoms with Gasteiger partial charge in [0.25, 0.3) is 0 Å². The maximum absolute atomic E-state index is 5.30. The number of ether oxygens (including phenoxy) is 1. The molecule has 6 heteroatoms. The Morgan fingerprint density at radius 1 is 1.30 bits per heavy atom. The van der Waals surface area contributed by atoms with Crippen LogP contribution in [0.15, 0.2) is 17.1 Å². The van der Waals surface area contributed by atoms with Crippen molar-refractivity contribution in [3.63, 3.8) is 0 Å². The molecule has 0 unspecified atom stereocenters. The molecule has 4 nitrogen and oxygen atoms in total. The van der Waals surface area contributed by atoms with E-state index >= 15 is 0 Å². The molecule has 0 aromatic carbocycles. The Morgan fingerprint density at radius 2 is 2.10 bits per heavy atom. The van der Waals surface area contributed by atoms with Gasteiger partial charge in [-0.2, -0.15) is 0 Å². The third-order valence-electron chi connectivity index (χ3n) is 2.66. The van der Waals surface area contributed by atoms with E-state index in [-0.39, 0.29) is 24.0 Å². The Balaban J connectivity index is 0.00000361. The normalized spacial score (nSPS) is 11.1. The standard InChI is InChI=1S/C14H25N3OS.HI/c1-4-18-10-6-5-9-16-14(15-3)17-11-13-8-7-12(2)19-13;/h7-8H,4-6,9-11H2,1-3H3,(H2,15,16,17);1H. The molecule has 1 aromatic heterocycles. The first-order valence-electron chi connectivity index (χ1n) is 6.83. The van der Waals surface area contributed by atoms with Crippen molar-refractivity contribution in [1.29, 1.82) is 0 Å². The molecule has 0 atom stereocenters. The van der Waals surface area contributed by atoms with Gasteiger partial charge < -0.3 is 15.4 Å². The van der Waals surface area contributed by atoms with Crippen molar-refractivity contribution in [2.24, 2.45) is 4.99 Å². The quantitative estimate of drug-likeness (QED) is 0.299. The highest BCUT2D eigenvalue weighted by molar-refractivity contribution is 14.0. The van der Waals surface area contributed by atoms with Gasteiger partial charge in [-0.1, -0.05) is 0 Å². The minimum Gasteiger partial charge on any atom is -0.382 e. The number of thiophene rings is 1. The second kappa shape index (κ2) is 12.4. The monoisotopic (exact) mass is 411 g/mol. The molecule has 0 aliphatic rings. The van der Waals surface area contributed by atoms with E-state index in [1.165, 1.54) is 9.75 Å². The van der Waals surface area contributed by atoms with Gasteiger partial charge in [0.2, 0.25) is 0 Å². The van der Waals surface area contributed by atoms with Crippen molar-refractivity contribution >= 4 is 41.3 Å². The van der Waals surface area contributed by atoms with Crippen LogP contribution in [0.25, 0.3) is 0 Å². The molecule has 20 heavy (non-hydrogen) atoms. The number of aliphatic imine (C=N–C) groups is 1. The fourth-order valence-electron chi connectivity index (χ4n) is 1.65. The lowest BCUT2D eigenvalue weighted by molar-refractivity contribution is 0.143. The van der Waals surface area contributed by atoms with Crippen molar-refractivity contribution < 1.29 is 4.74 Å². The number of nitrogens with one attached hydrogen (secondary N) is 2. The molecule has 0 saturated heterocycles. The van der Waals surface area contributed by atoms with E-state index in [0.29, 0.717) is 0 Å². The summed E-state index contributed by atoms with van der Waals surface area (Å²) >= 11 is 1.82. The molecular formula is C14H26IN3OS. The van der Waals surface area contributed by atoms with Crippen molar-refractivity contribution in [2.75, 3.05) is 26.8 Å². The molecule has 116 valence electrons. The fourth-order valence-corrected chi connectivity index (χ4v) is 2.48. The van der Waals surface area contributed by atoms with Crippen LogP contribution in [0.3, 0.4) is 0 Å². The summed E-state index contributed by atoms with van der Waals surface area (Å²) in [4.78, 5) is 6.89. The Hall–Kier alpha value is -0.340. The van der Waals surface area contributed by atoms with Gasteiger partial charge in [0.15, 0.2) is 5.96 Å². The van der Waals surface area contributed by atoms with E-state index in [0.717, 1.165) is 45.1 Å². The molecule has 0 spiro atoms. The number of nitrogens with zero attached hydrogens (tertiary/aromatic N) is 1. The minimum absolute atomic E-state index is 0. The van der Waals surface area contributed by atoms with E-state index in [1.54, 1.807) is 7.05 Å². The van der Waals surface area contributed by atoms with Crippen LogP contribution in [0.4, 0.5) is 0 Å². The minimum atomic E-state index is 0. The molecule has 2 N–H and O–H groups in total. The van der Waals surface area contributed by atoms with Gasteiger partial charge in [0, 0.05) is 36.6 Å². The number of hydrogen-bond donors (Lipinski definition) is 2. The summed E-state index contributed by atoms with van der Waals surface area (Å²) in [6.45, 7) is 7.55. The number of rotatable bonds is 8. The van der Waals surface area contributed by atoms with Gasteiger partial charge in [-0.05, 0) is 38.8 Å². The summed E-state index contributed by atoms with van der Waals surface area (Å²) in [6, 6.07) is 4.30. The van der Waals surface area contributed by atoms with Crippen molar-refractivity contribution in [2.45, 2.75) is 33.2 Å². The van der Waals surface area contributed by atoms with Crippen LogP contribution in [0, 0.1) is 6.92 Å². The highest BCUT2D eigenvalue weighted by Gasteiger charge is 1.99. The lowest BCUT2D eigenvalue weighted by Crippen LogP contribution is -2.37. The topological polar surface area (TPSA) is 45.6 Å². The smallest absolute Gasteiger partial charge is 0.191 e. The molecule has 0 radical (unpaired) electrons. The van der Waals surface area contributed by atoms with Crippen LogP contribution in [0.2, 0.25) is 0 Å². The predicted octanol–water partition coefficient (Wildman–Crippen LogP) is 3.16. The van der Waals surface area contributed by atoms with Crippen LogP contribution in [-0.2, 0) is 11.3 Å². The Bertz CT molecular complexity index is 382. The first-order valence-corrected chi connectivity index (χ1v) is 7.65. The maximum atomic E-state index is 5.30. The van der Waals surface area contributed by atoms with E-state index < -0.39 is 0 Å². The zero-order valence-electron chi connectivity index (χ0n) is 12.6. The third kappa shape index (κ3) is 8.76. The number of hydrogen-bond acceptors (Lipinski definition) is 3. The first kappa shape index (κ1) is 19.7. The lowest BCUT2D eigenvalue weighted by atomic mass is 10.3. The van der Waals surface area contributed by atoms with Crippen LogP contribution in [0.1, 0.15) is 29.5 Å². The summed E-state index contributed by atoms with van der Waals surface area (Å²) in [5, 5.41) is 6.63. The summed E-state index contributed by atoms with van der Waals surface area (Å²) in [6.07, 6.45) is 2.18. The van der Waals surface area contributed by atoms with E-state index in [9.17, 15) is 0 Å². The van der Waals surface area contributed by atoms with Gasteiger partial charge in [0.1, 0.15) is 0 Å². The number of halogens is 1. The molecule has 0 aliphatic heterocycles. The van der Waals surface area contributed by atoms with Crippen LogP contribution < -0.4 is 10.6 Å². The molecular weight excluding hydrogens is 385 g/mol. The van der Waals surface area contributed by atoms with E-state index in [4.69, 9.17) is 4.74 Å². The SMILES string of the molecule is CCOCCCCNC(=NC)NCc1ccc(C)s1.I. The van der Waals surface area contributed by atoms with Gasteiger partial charge in [-0.25, -0.2) is 0 Å². The Labute approximate surface area is 143 Å². The van der Waals surface area contributed by atoms with Gasteiger partial charge in [0.05, 0.1) is 6.54 Å². The summed E-state index contributed by atoms with van der Waals surface area (Å²) in [7, 11) is 1.80. The molecule has 0 saturated carbocycles. The molecule has 0 aliphatic carbocycles. The number of aryl methyl sites for hydroxylation is 1. The highest BCUT2D eigenvalue weighted by Crippen LogP contribution is 2.14. The van der Waals surface area contributed by atoms with E-state index in [2.05, 4.69) is 34.7 Å².